The Morgan fingerprint density at radius 1 is 1.48 bits per heavy atom. The molecule has 7 nitrogen and oxygen atoms in total. The largest absolute Gasteiger partial charge is 0.493 e. The monoisotopic (exact) mass is 296 g/mol. The van der Waals surface area contributed by atoms with Crippen LogP contribution in [0, 0.1) is 0 Å². The number of aliphatic hydroxyl groups excluding tert-OH is 2. The third-order valence-corrected chi connectivity index (χ3v) is 3.20. The van der Waals surface area contributed by atoms with Crippen molar-refractivity contribution in [1.29, 1.82) is 0 Å². The molecular formula is C14H20N2O5. The molecule has 0 radical (unpaired) electrons. The van der Waals surface area contributed by atoms with E-state index in [2.05, 4.69) is 10.6 Å². The molecule has 1 amide bonds. The molecule has 116 valence electrons. The summed E-state index contributed by atoms with van der Waals surface area (Å²) < 4.78 is 10.5. The number of amides is 1. The van der Waals surface area contributed by atoms with Crippen LogP contribution in [0.4, 0.5) is 5.69 Å². The smallest absolute Gasteiger partial charge is 0.241 e. The van der Waals surface area contributed by atoms with Crippen LogP contribution < -0.4 is 20.1 Å². The topological polar surface area (TPSA) is 100 Å². The average molecular weight is 296 g/mol. The zero-order valence-corrected chi connectivity index (χ0v) is 11.8. The van der Waals surface area contributed by atoms with Gasteiger partial charge in [0, 0.05) is 18.3 Å². The van der Waals surface area contributed by atoms with Crippen molar-refractivity contribution in [2.24, 2.45) is 0 Å². The minimum Gasteiger partial charge on any atom is -0.493 e. The molecular weight excluding hydrogens is 276 g/mol. The van der Waals surface area contributed by atoms with Gasteiger partial charge in [-0.05, 0) is 18.6 Å². The van der Waals surface area contributed by atoms with Gasteiger partial charge in [-0.25, -0.2) is 0 Å². The van der Waals surface area contributed by atoms with Gasteiger partial charge < -0.3 is 30.3 Å². The highest BCUT2D eigenvalue weighted by molar-refractivity contribution is 5.95. The van der Waals surface area contributed by atoms with Crippen LogP contribution in [0.2, 0.25) is 0 Å². The summed E-state index contributed by atoms with van der Waals surface area (Å²) in [5.74, 6) is 0.768. The van der Waals surface area contributed by atoms with Crippen molar-refractivity contribution in [2.45, 2.75) is 18.6 Å². The zero-order chi connectivity index (χ0) is 15.2. The first kappa shape index (κ1) is 15.6. The van der Waals surface area contributed by atoms with Gasteiger partial charge in [-0.3, -0.25) is 4.79 Å². The summed E-state index contributed by atoms with van der Waals surface area (Å²) in [7, 11) is 1.52. The van der Waals surface area contributed by atoms with Crippen LogP contribution in [0.1, 0.15) is 6.42 Å². The van der Waals surface area contributed by atoms with Crippen LogP contribution >= 0.6 is 0 Å². The van der Waals surface area contributed by atoms with E-state index in [4.69, 9.17) is 14.6 Å². The summed E-state index contributed by atoms with van der Waals surface area (Å²) in [6.07, 6.45) is -0.0874. The Hall–Kier alpha value is -1.83. The SMILES string of the molecule is COc1ccc(NC(=O)C2CC(O)CN2)cc1OCCO. The van der Waals surface area contributed by atoms with Crippen LogP contribution in [0.25, 0.3) is 0 Å². The molecule has 1 fully saturated rings. The highest BCUT2D eigenvalue weighted by Crippen LogP contribution is 2.30. The number of ether oxygens (including phenoxy) is 2. The Bertz CT molecular complexity index is 494. The van der Waals surface area contributed by atoms with Crippen LogP contribution in [-0.4, -0.2) is 55.1 Å². The molecule has 2 unspecified atom stereocenters. The van der Waals surface area contributed by atoms with E-state index in [1.807, 2.05) is 0 Å². The van der Waals surface area contributed by atoms with Crippen LogP contribution in [-0.2, 0) is 4.79 Å². The van der Waals surface area contributed by atoms with E-state index < -0.39 is 12.1 Å². The van der Waals surface area contributed by atoms with Crippen molar-refractivity contribution in [3.05, 3.63) is 18.2 Å². The fourth-order valence-corrected chi connectivity index (χ4v) is 2.17. The van der Waals surface area contributed by atoms with E-state index in [0.717, 1.165) is 0 Å². The van der Waals surface area contributed by atoms with Gasteiger partial charge in [0.05, 0.1) is 25.9 Å². The summed E-state index contributed by atoms with van der Waals surface area (Å²) in [5.41, 5.74) is 0.567. The van der Waals surface area contributed by atoms with Crippen LogP contribution in [0.5, 0.6) is 11.5 Å². The quantitative estimate of drug-likeness (QED) is 0.576. The number of β-amino-alcohol motifs (C(OH)–C–C–N with tert-alkyl or cyclic N) is 1. The van der Waals surface area contributed by atoms with E-state index in [1.54, 1.807) is 18.2 Å². The van der Waals surface area contributed by atoms with Gasteiger partial charge in [0.1, 0.15) is 6.61 Å². The molecule has 0 spiro atoms. The molecule has 2 rings (SSSR count). The Morgan fingerprint density at radius 2 is 2.29 bits per heavy atom. The molecule has 1 aliphatic rings. The summed E-state index contributed by atoms with van der Waals surface area (Å²) in [6.45, 7) is 0.458. The molecule has 21 heavy (non-hydrogen) atoms. The molecule has 1 saturated heterocycles. The van der Waals surface area contributed by atoms with Crippen LogP contribution in [0.3, 0.4) is 0 Å². The van der Waals surface area contributed by atoms with Crippen molar-refractivity contribution in [3.8, 4) is 11.5 Å². The summed E-state index contributed by atoms with van der Waals surface area (Å²) in [6, 6.07) is 4.62. The lowest BCUT2D eigenvalue weighted by Crippen LogP contribution is -2.35. The fourth-order valence-electron chi connectivity index (χ4n) is 2.17. The summed E-state index contributed by atoms with van der Waals surface area (Å²) >= 11 is 0. The number of aliphatic hydroxyl groups is 2. The molecule has 0 bridgehead atoms. The van der Waals surface area contributed by atoms with Gasteiger partial charge in [-0.1, -0.05) is 0 Å². The van der Waals surface area contributed by atoms with Crippen molar-refractivity contribution in [3.63, 3.8) is 0 Å². The van der Waals surface area contributed by atoms with Gasteiger partial charge in [0.15, 0.2) is 11.5 Å². The number of anilines is 1. The van der Waals surface area contributed by atoms with Gasteiger partial charge >= 0.3 is 0 Å². The molecule has 0 aromatic heterocycles. The number of nitrogens with one attached hydrogen (secondary N) is 2. The van der Waals surface area contributed by atoms with Gasteiger partial charge in [-0.15, -0.1) is 0 Å². The summed E-state index contributed by atoms with van der Waals surface area (Å²) in [5, 5.41) is 23.9. The molecule has 0 saturated carbocycles. The molecule has 2 atom stereocenters. The summed E-state index contributed by atoms with van der Waals surface area (Å²) in [4.78, 5) is 12.0. The van der Waals surface area contributed by atoms with Gasteiger partial charge in [-0.2, -0.15) is 0 Å². The number of benzene rings is 1. The minimum atomic E-state index is -0.486. The van der Waals surface area contributed by atoms with E-state index in [-0.39, 0.29) is 19.1 Å². The predicted molar refractivity (Wildman–Crippen MR) is 76.6 cm³/mol. The van der Waals surface area contributed by atoms with Crippen molar-refractivity contribution < 1.29 is 24.5 Å². The minimum absolute atomic E-state index is 0.108. The predicted octanol–water partition coefficient (Wildman–Crippen LogP) is -0.272. The molecule has 1 aromatic carbocycles. The van der Waals surface area contributed by atoms with Crippen molar-refractivity contribution in [1.82, 2.24) is 5.32 Å². The third-order valence-electron chi connectivity index (χ3n) is 3.20. The fraction of sp³-hybridized carbons (Fsp3) is 0.500. The molecule has 1 aliphatic heterocycles. The third kappa shape index (κ3) is 4.07. The number of hydrogen-bond acceptors (Lipinski definition) is 6. The molecule has 0 aliphatic carbocycles. The van der Waals surface area contributed by atoms with Crippen molar-refractivity contribution in [2.75, 3.05) is 32.2 Å². The maximum Gasteiger partial charge on any atom is 0.241 e. The number of carbonyl (C=O) groups is 1. The van der Waals surface area contributed by atoms with Crippen molar-refractivity contribution >= 4 is 11.6 Å². The van der Waals surface area contributed by atoms with E-state index >= 15 is 0 Å². The second-order valence-corrected chi connectivity index (χ2v) is 4.78. The first-order valence-corrected chi connectivity index (χ1v) is 6.78. The molecule has 4 N–H and O–H groups in total. The standard InChI is InChI=1S/C14H20N2O5/c1-20-12-3-2-9(6-13(12)21-5-4-17)16-14(19)11-7-10(18)8-15-11/h2-3,6,10-11,15,17-18H,4-5,7-8H2,1H3,(H,16,19). The number of methoxy groups -OCH3 is 1. The van der Waals surface area contributed by atoms with E-state index in [9.17, 15) is 9.90 Å². The Balaban J connectivity index is 2.04. The lowest BCUT2D eigenvalue weighted by molar-refractivity contribution is -0.117. The first-order chi connectivity index (χ1) is 10.1. The van der Waals surface area contributed by atoms with E-state index in [1.165, 1.54) is 7.11 Å². The molecule has 7 heteroatoms. The number of rotatable bonds is 6. The van der Waals surface area contributed by atoms with Gasteiger partial charge in [0.2, 0.25) is 5.91 Å². The van der Waals surface area contributed by atoms with Crippen LogP contribution in [0.15, 0.2) is 18.2 Å². The normalized spacial score (nSPS) is 21.1. The number of carbonyl (C=O) groups excluding carboxylic acids is 1. The zero-order valence-electron chi connectivity index (χ0n) is 11.8. The average Bonchev–Trinajstić information content (AvgIpc) is 2.92. The second kappa shape index (κ2) is 7.26. The highest BCUT2D eigenvalue weighted by Gasteiger charge is 2.28. The maximum absolute atomic E-state index is 12.0. The Labute approximate surface area is 122 Å². The van der Waals surface area contributed by atoms with E-state index in [0.29, 0.717) is 30.2 Å². The Kier molecular flexibility index (Phi) is 5.38. The second-order valence-electron chi connectivity index (χ2n) is 4.78. The maximum atomic E-state index is 12.0. The molecule has 1 aromatic rings. The first-order valence-electron chi connectivity index (χ1n) is 6.78. The highest BCUT2D eigenvalue weighted by atomic mass is 16.5. The lowest BCUT2D eigenvalue weighted by Gasteiger charge is -2.14. The number of hydrogen-bond donors (Lipinski definition) is 4. The Morgan fingerprint density at radius 3 is 2.90 bits per heavy atom. The molecule has 1 heterocycles. The lowest BCUT2D eigenvalue weighted by atomic mass is 10.2. The van der Waals surface area contributed by atoms with Gasteiger partial charge in [0.25, 0.3) is 0 Å².